The first kappa shape index (κ1) is 27.4. The average molecular weight is 575 g/mol. The van der Waals surface area contributed by atoms with E-state index in [1.807, 2.05) is 54.6 Å². The van der Waals surface area contributed by atoms with Crippen molar-refractivity contribution in [2.24, 2.45) is 4.99 Å². The van der Waals surface area contributed by atoms with E-state index in [0.29, 0.717) is 49.3 Å². The molecule has 1 aliphatic rings. The van der Waals surface area contributed by atoms with Crippen LogP contribution in [0.15, 0.2) is 93.9 Å². The molecule has 3 aromatic carbocycles. The topological polar surface area (TPSA) is 79.1 Å². The summed E-state index contributed by atoms with van der Waals surface area (Å²) in [6.07, 6.45) is 1.76. The first-order chi connectivity index (χ1) is 19.4. The number of carbonyl (C=O) groups is 1. The Labute approximate surface area is 240 Å². The summed E-state index contributed by atoms with van der Waals surface area (Å²) in [6.45, 7) is 4.00. The Morgan fingerprint density at radius 3 is 2.55 bits per heavy atom. The first-order valence-corrected chi connectivity index (χ1v) is 13.9. The summed E-state index contributed by atoms with van der Waals surface area (Å²) in [4.78, 5) is 32.2. The van der Waals surface area contributed by atoms with Gasteiger partial charge in [-0.15, -0.1) is 0 Å². The summed E-state index contributed by atoms with van der Waals surface area (Å²) in [5, 5.41) is 0.433. The van der Waals surface area contributed by atoms with Gasteiger partial charge in [0, 0.05) is 10.6 Å². The van der Waals surface area contributed by atoms with E-state index in [9.17, 15) is 9.59 Å². The van der Waals surface area contributed by atoms with Gasteiger partial charge in [0.25, 0.3) is 5.56 Å². The fraction of sp³-hybridized carbons (Fsp3) is 0.194. The third-order valence-corrected chi connectivity index (χ3v) is 7.79. The average Bonchev–Trinajstić information content (AvgIpc) is 3.26. The lowest BCUT2D eigenvalue weighted by molar-refractivity contribution is -0.139. The smallest absolute Gasteiger partial charge is 0.338 e. The number of nitrogens with zero attached hydrogens (tertiary/aromatic N) is 2. The molecule has 0 unspecified atom stereocenters. The summed E-state index contributed by atoms with van der Waals surface area (Å²) in [7, 11) is 1.58. The van der Waals surface area contributed by atoms with Crippen molar-refractivity contribution in [3.05, 3.63) is 125 Å². The van der Waals surface area contributed by atoms with Crippen LogP contribution in [-0.2, 0) is 16.1 Å². The van der Waals surface area contributed by atoms with Crippen LogP contribution in [0.3, 0.4) is 0 Å². The van der Waals surface area contributed by atoms with Gasteiger partial charge in [0.1, 0.15) is 12.6 Å². The highest BCUT2D eigenvalue weighted by molar-refractivity contribution is 7.07. The minimum Gasteiger partial charge on any atom is -0.493 e. The van der Waals surface area contributed by atoms with Gasteiger partial charge in [0.15, 0.2) is 16.3 Å². The van der Waals surface area contributed by atoms with Gasteiger partial charge in [-0.2, -0.15) is 0 Å². The molecule has 0 saturated heterocycles. The molecule has 40 heavy (non-hydrogen) atoms. The highest BCUT2D eigenvalue weighted by atomic mass is 35.5. The zero-order chi connectivity index (χ0) is 28.2. The molecule has 0 fully saturated rings. The molecule has 0 amide bonds. The molecule has 0 radical (unpaired) electrons. The number of aromatic nitrogens is 1. The van der Waals surface area contributed by atoms with Gasteiger partial charge in [0.05, 0.1) is 29.5 Å². The molecule has 9 heteroatoms. The number of thiazole rings is 1. The second-order valence-electron chi connectivity index (χ2n) is 8.98. The summed E-state index contributed by atoms with van der Waals surface area (Å²) >= 11 is 7.82. The number of esters is 1. The van der Waals surface area contributed by atoms with Crippen LogP contribution in [0.4, 0.5) is 0 Å². The SMILES string of the molecule is CCOC(=O)C1=C(C)N=c2s/c(=C\c3cccc(OC)c3OCc3ccccc3)c(=O)n2[C@H]1c1ccccc1Cl. The fourth-order valence-corrected chi connectivity index (χ4v) is 5.89. The van der Waals surface area contributed by atoms with E-state index >= 15 is 0 Å². The molecule has 4 aromatic rings. The highest BCUT2D eigenvalue weighted by Gasteiger charge is 2.34. The lowest BCUT2D eigenvalue weighted by Crippen LogP contribution is -2.40. The van der Waals surface area contributed by atoms with E-state index in [2.05, 4.69) is 4.99 Å². The predicted octanol–water partition coefficient (Wildman–Crippen LogP) is 5.04. The van der Waals surface area contributed by atoms with Crippen molar-refractivity contribution in [1.29, 1.82) is 0 Å². The molecular formula is C31H27ClN2O5S. The molecule has 0 saturated carbocycles. The van der Waals surface area contributed by atoms with Gasteiger partial charge in [-0.25, -0.2) is 9.79 Å². The van der Waals surface area contributed by atoms with Gasteiger partial charge in [-0.05, 0) is 43.2 Å². The van der Waals surface area contributed by atoms with E-state index in [4.69, 9.17) is 25.8 Å². The van der Waals surface area contributed by atoms with Gasteiger partial charge in [0.2, 0.25) is 0 Å². The third kappa shape index (κ3) is 5.33. The standard InChI is InChI=1S/C31H27ClN2O5S/c1-4-38-30(36)26-19(2)33-31-34(27(26)22-14-8-9-15-23(22)32)29(35)25(40-31)17-21-13-10-16-24(37-3)28(21)39-18-20-11-6-5-7-12-20/h5-17,27H,4,18H2,1-3H3/b25-17-/t27-/m0/s1. The van der Waals surface area contributed by atoms with E-state index in [0.717, 1.165) is 5.56 Å². The molecule has 0 aliphatic carbocycles. The van der Waals surface area contributed by atoms with Crippen molar-refractivity contribution in [3.63, 3.8) is 0 Å². The molecule has 0 N–H and O–H groups in total. The Morgan fingerprint density at radius 1 is 1.07 bits per heavy atom. The van der Waals surface area contributed by atoms with Gasteiger partial charge >= 0.3 is 5.97 Å². The van der Waals surface area contributed by atoms with E-state index in [-0.39, 0.29) is 17.7 Å². The zero-order valence-electron chi connectivity index (χ0n) is 22.2. The number of allylic oxidation sites excluding steroid dienone is 1. The van der Waals surface area contributed by atoms with Crippen LogP contribution >= 0.6 is 22.9 Å². The number of rotatable bonds is 8. The van der Waals surface area contributed by atoms with Gasteiger partial charge in [-0.3, -0.25) is 9.36 Å². The normalized spacial score (nSPS) is 14.9. The minimum atomic E-state index is -0.787. The Kier molecular flexibility index (Phi) is 8.19. The van der Waals surface area contributed by atoms with Gasteiger partial charge in [-0.1, -0.05) is 83.6 Å². The third-order valence-electron chi connectivity index (χ3n) is 6.46. The summed E-state index contributed by atoms with van der Waals surface area (Å²) < 4.78 is 19.1. The quantitative estimate of drug-likeness (QED) is 0.276. The Morgan fingerprint density at radius 2 is 1.82 bits per heavy atom. The van der Waals surface area contributed by atoms with Crippen molar-refractivity contribution in [3.8, 4) is 11.5 Å². The second-order valence-corrected chi connectivity index (χ2v) is 10.4. The maximum absolute atomic E-state index is 14.0. The lowest BCUT2D eigenvalue weighted by Gasteiger charge is -2.25. The Balaban J connectivity index is 1.66. The number of methoxy groups -OCH3 is 1. The van der Waals surface area contributed by atoms with Crippen LogP contribution in [-0.4, -0.2) is 24.3 Å². The van der Waals surface area contributed by atoms with Crippen molar-refractivity contribution < 1.29 is 19.0 Å². The van der Waals surface area contributed by atoms with Crippen molar-refractivity contribution in [2.45, 2.75) is 26.5 Å². The predicted molar refractivity (Wildman–Crippen MR) is 156 cm³/mol. The van der Waals surface area contributed by atoms with Crippen LogP contribution in [0, 0.1) is 0 Å². The number of carbonyl (C=O) groups excluding carboxylic acids is 1. The van der Waals surface area contributed by atoms with E-state index in [1.165, 1.54) is 15.9 Å². The number of hydrogen-bond acceptors (Lipinski definition) is 7. The van der Waals surface area contributed by atoms with Crippen LogP contribution in [0.5, 0.6) is 11.5 Å². The zero-order valence-corrected chi connectivity index (χ0v) is 23.8. The molecule has 0 bridgehead atoms. The van der Waals surface area contributed by atoms with Crippen molar-refractivity contribution >= 4 is 35.0 Å². The maximum atomic E-state index is 14.0. The van der Waals surface area contributed by atoms with Crippen LogP contribution < -0.4 is 24.4 Å². The Bertz CT molecular complexity index is 1780. The first-order valence-electron chi connectivity index (χ1n) is 12.7. The molecule has 1 atom stereocenters. The molecule has 7 nitrogen and oxygen atoms in total. The number of hydrogen-bond donors (Lipinski definition) is 0. The molecule has 5 rings (SSSR count). The summed E-state index contributed by atoms with van der Waals surface area (Å²) in [6, 6.07) is 21.7. The molecular weight excluding hydrogens is 548 g/mol. The van der Waals surface area contributed by atoms with Gasteiger partial charge < -0.3 is 14.2 Å². The van der Waals surface area contributed by atoms with Crippen LogP contribution in [0.1, 0.15) is 36.6 Å². The number of ether oxygens (including phenoxy) is 3. The fourth-order valence-electron chi connectivity index (χ4n) is 4.62. The van der Waals surface area contributed by atoms with E-state index in [1.54, 1.807) is 45.2 Å². The number of halogens is 1. The number of fused-ring (bicyclic) bond motifs is 1. The van der Waals surface area contributed by atoms with Crippen molar-refractivity contribution in [1.82, 2.24) is 4.57 Å². The molecule has 1 aliphatic heterocycles. The molecule has 0 spiro atoms. The highest BCUT2D eigenvalue weighted by Crippen LogP contribution is 2.35. The minimum absolute atomic E-state index is 0.191. The lowest BCUT2D eigenvalue weighted by atomic mass is 9.96. The van der Waals surface area contributed by atoms with Crippen LogP contribution in [0.25, 0.3) is 6.08 Å². The monoisotopic (exact) mass is 574 g/mol. The molecule has 2 heterocycles. The van der Waals surface area contributed by atoms with Crippen LogP contribution in [0.2, 0.25) is 5.02 Å². The maximum Gasteiger partial charge on any atom is 0.338 e. The second kappa shape index (κ2) is 11.9. The largest absolute Gasteiger partial charge is 0.493 e. The summed E-state index contributed by atoms with van der Waals surface area (Å²) in [5.41, 5.74) is 2.74. The Hall–Kier alpha value is -4.14. The summed E-state index contributed by atoms with van der Waals surface area (Å²) in [5.74, 6) is 0.532. The number of para-hydroxylation sites is 1. The van der Waals surface area contributed by atoms with E-state index < -0.39 is 12.0 Å². The molecule has 204 valence electrons. The van der Waals surface area contributed by atoms with Crippen molar-refractivity contribution in [2.75, 3.05) is 13.7 Å². The molecule has 1 aromatic heterocycles. The number of benzene rings is 3.